The van der Waals surface area contributed by atoms with Gasteiger partial charge >= 0.3 is 0 Å². The lowest BCUT2D eigenvalue weighted by Crippen LogP contribution is -2.01. The fourth-order valence-corrected chi connectivity index (χ4v) is 3.83. The predicted molar refractivity (Wildman–Crippen MR) is 119 cm³/mol. The largest absolute Gasteiger partial charge is 0.394 e. The van der Waals surface area contributed by atoms with E-state index in [9.17, 15) is 13.9 Å². The molecule has 0 aliphatic heterocycles. The van der Waals surface area contributed by atoms with Crippen molar-refractivity contribution in [2.45, 2.75) is 6.54 Å². The van der Waals surface area contributed by atoms with Gasteiger partial charge in [0.2, 0.25) is 0 Å². The molecule has 3 heterocycles. The van der Waals surface area contributed by atoms with Crippen molar-refractivity contribution in [2.75, 3.05) is 6.61 Å². The van der Waals surface area contributed by atoms with Gasteiger partial charge in [-0.3, -0.25) is 9.67 Å². The van der Waals surface area contributed by atoms with Crippen molar-refractivity contribution in [3.05, 3.63) is 90.9 Å². The summed E-state index contributed by atoms with van der Waals surface area (Å²) < 4.78 is 29.0. The van der Waals surface area contributed by atoms with E-state index in [4.69, 9.17) is 4.98 Å². The summed E-state index contributed by atoms with van der Waals surface area (Å²) >= 11 is 0. The van der Waals surface area contributed by atoms with Gasteiger partial charge in [-0.25, -0.2) is 13.8 Å². The van der Waals surface area contributed by atoms with E-state index in [0.717, 1.165) is 33.2 Å². The topological polar surface area (TPSA) is 63.8 Å². The first kappa shape index (κ1) is 20.0. The first-order chi connectivity index (χ1) is 15.6. The Morgan fingerprint density at radius 3 is 1.97 bits per heavy atom. The highest BCUT2D eigenvalue weighted by Crippen LogP contribution is 2.42. The fourth-order valence-electron chi connectivity index (χ4n) is 3.83. The number of nitrogens with zero attached hydrogens (tertiary/aromatic N) is 4. The Kier molecular flexibility index (Phi) is 5.17. The van der Waals surface area contributed by atoms with Crippen molar-refractivity contribution in [3.8, 4) is 33.5 Å². The molecule has 0 bridgehead atoms. The number of pyridine rings is 2. The second-order valence-corrected chi connectivity index (χ2v) is 7.31. The molecule has 0 saturated carbocycles. The highest BCUT2D eigenvalue weighted by atomic mass is 19.1. The Labute approximate surface area is 182 Å². The Morgan fingerprint density at radius 1 is 0.750 bits per heavy atom. The van der Waals surface area contributed by atoms with Crippen LogP contribution in [0.15, 0.2) is 79.3 Å². The lowest BCUT2D eigenvalue weighted by atomic mass is 9.90. The third kappa shape index (κ3) is 3.63. The molecule has 32 heavy (non-hydrogen) atoms. The summed E-state index contributed by atoms with van der Waals surface area (Å²) in [5.74, 6) is -0.675. The van der Waals surface area contributed by atoms with E-state index in [1.54, 1.807) is 41.3 Å². The molecule has 0 radical (unpaired) electrons. The number of hydrogen-bond donors (Lipinski definition) is 1. The van der Waals surface area contributed by atoms with Crippen LogP contribution in [0.5, 0.6) is 0 Å². The van der Waals surface area contributed by atoms with Crippen LogP contribution in [0.4, 0.5) is 8.78 Å². The van der Waals surface area contributed by atoms with E-state index in [-0.39, 0.29) is 18.2 Å². The molecule has 0 atom stereocenters. The van der Waals surface area contributed by atoms with Gasteiger partial charge in [-0.05, 0) is 59.7 Å². The maximum absolute atomic E-state index is 13.7. The van der Waals surface area contributed by atoms with Gasteiger partial charge in [0, 0.05) is 40.7 Å². The number of benzene rings is 2. The first-order valence-corrected chi connectivity index (χ1v) is 10.1. The van der Waals surface area contributed by atoms with Gasteiger partial charge in [-0.15, -0.1) is 0 Å². The molecule has 0 unspecified atom stereocenters. The van der Waals surface area contributed by atoms with Crippen molar-refractivity contribution in [1.29, 1.82) is 0 Å². The van der Waals surface area contributed by atoms with Gasteiger partial charge in [-0.2, -0.15) is 5.10 Å². The first-order valence-electron chi connectivity index (χ1n) is 10.1. The van der Waals surface area contributed by atoms with E-state index in [0.29, 0.717) is 17.9 Å². The lowest BCUT2D eigenvalue weighted by molar-refractivity contribution is 0.270. The molecule has 0 fully saturated rings. The average molecular weight is 428 g/mol. The summed E-state index contributed by atoms with van der Waals surface area (Å²) in [6.45, 7) is 0.248. The minimum absolute atomic E-state index is 0.0676. The Balaban J connectivity index is 1.91. The van der Waals surface area contributed by atoms with E-state index >= 15 is 0 Å². The molecule has 7 heteroatoms. The molecule has 158 valence electrons. The number of rotatable bonds is 5. The van der Waals surface area contributed by atoms with Gasteiger partial charge in [-0.1, -0.05) is 12.1 Å². The van der Waals surface area contributed by atoms with Crippen LogP contribution in [0.1, 0.15) is 0 Å². The van der Waals surface area contributed by atoms with E-state index < -0.39 is 0 Å². The lowest BCUT2D eigenvalue weighted by Gasteiger charge is -2.16. The van der Waals surface area contributed by atoms with Gasteiger partial charge in [0.1, 0.15) is 11.6 Å². The Bertz CT molecular complexity index is 1380. The van der Waals surface area contributed by atoms with Crippen molar-refractivity contribution in [3.63, 3.8) is 0 Å². The van der Waals surface area contributed by atoms with Crippen LogP contribution >= 0.6 is 0 Å². The van der Waals surface area contributed by atoms with Crippen LogP contribution < -0.4 is 0 Å². The Morgan fingerprint density at radius 2 is 1.34 bits per heavy atom. The molecule has 0 aliphatic carbocycles. The summed E-state index contributed by atoms with van der Waals surface area (Å²) in [6.07, 6.45) is 5.21. The molecule has 0 spiro atoms. The van der Waals surface area contributed by atoms with E-state index in [1.165, 1.54) is 24.3 Å². The molecule has 0 saturated heterocycles. The maximum Gasteiger partial charge on any atom is 0.182 e. The second kappa shape index (κ2) is 8.28. The van der Waals surface area contributed by atoms with Crippen LogP contribution in [0.3, 0.4) is 0 Å². The Hall–Kier alpha value is -3.97. The third-order valence-corrected chi connectivity index (χ3v) is 5.26. The zero-order chi connectivity index (χ0) is 22.1. The number of fused-ring (bicyclic) bond motifs is 1. The average Bonchev–Trinajstić information content (AvgIpc) is 3.22. The normalized spacial score (nSPS) is 11.2. The number of aromatic nitrogens is 4. The zero-order valence-corrected chi connectivity index (χ0v) is 16.9. The van der Waals surface area contributed by atoms with Crippen molar-refractivity contribution in [2.24, 2.45) is 0 Å². The molecule has 3 aromatic heterocycles. The van der Waals surface area contributed by atoms with Crippen LogP contribution in [0.25, 0.3) is 44.5 Å². The molecule has 2 aromatic carbocycles. The highest BCUT2D eigenvalue weighted by Gasteiger charge is 2.21. The zero-order valence-electron chi connectivity index (χ0n) is 16.9. The molecule has 0 aliphatic rings. The summed E-state index contributed by atoms with van der Waals surface area (Å²) in [5.41, 5.74) is 5.11. The number of aliphatic hydroxyl groups is 1. The van der Waals surface area contributed by atoms with Crippen LogP contribution in [0, 0.1) is 11.6 Å². The maximum atomic E-state index is 13.7. The van der Waals surface area contributed by atoms with Gasteiger partial charge in [0.05, 0.1) is 18.8 Å². The molecule has 0 amide bonds. The van der Waals surface area contributed by atoms with E-state index in [2.05, 4.69) is 10.1 Å². The summed E-state index contributed by atoms with van der Waals surface area (Å²) in [4.78, 5) is 8.95. The number of aliphatic hydroxyl groups excluding tert-OH is 1. The number of halogens is 2. The van der Waals surface area contributed by atoms with Crippen LogP contribution in [0.2, 0.25) is 0 Å². The molecular weight excluding hydrogens is 410 g/mol. The number of hydrogen-bond acceptors (Lipinski definition) is 4. The van der Waals surface area contributed by atoms with Gasteiger partial charge in [0.25, 0.3) is 0 Å². The van der Waals surface area contributed by atoms with Crippen LogP contribution in [-0.2, 0) is 6.54 Å². The minimum atomic E-state index is -0.341. The summed E-state index contributed by atoms with van der Waals surface area (Å²) in [6, 6.07) is 16.1. The molecule has 5 rings (SSSR count). The van der Waals surface area contributed by atoms with Gasteiger partial charge < -0.3 is 5.11 Å². The van der Waals surface area contributed by atoms with Crippen molar-refractivity contribution >= 4 is 11.0 Å². The smallest absolute Gasteiger partial charge is 0.182 e. The van der Waals surface area contributed by atoms with E-state index in [1.807, 2.05) is 18.3 Å². The second-order valence-electron chi connectivity index (χ2n) is 7.31. The quantitative estimate of drug-likeness (QED) is 0.423. The molecule has 5 aromatic rings. The summed E-state index contributed by atoms with van der Waals surface area (Å²) in [7, 11) is 0. The monoisotopic (exact) mass is 428 g/mol. The predicted octanol–water partition coefficient (Wildman–Crippen LogP) is 5.10. The minimum Gasteiger partial charge on any atom is -0.394 e. The molecular formula is C25H18F2N4O. The standard InChI is InChI=1S/C25H18F2N4O/c26-19-5-1-16(2-6-19)22-21-15-31(13-14-32)30-25(21)29-24(18-3-7-20(27)8-4-18)23(22)17-9-11-28-12-10-17/h1-12,15,32H,13-14H2. The van der Waals surface area contributed by atoms with Gasteiger partial charge in [0.15, 0.2) is 5.65 Å². The molecule has 5 nitrogen and oxygen atoms in total. The molecule has 1 N–H and O–H groups in total. The van der Waals surface area contributed by atoms with Crippen molar-refractivity contribution in [1.82, 2.24) is 19.7 Å². The summed E-state index contributed by atoms with van der Waals surface area (Å²) in [5, 5.41) is 14.7. The third-order valence-electron chi connectivity index (χ3n) is 5.26. The SMILES string of the molecule is OCCn1cc2c(-c3ccc(F)cc3)c(-c3ccncc3)c(-c3ccc(F)cc3)nc2n1. The van der Waals surface area contributed by atoms with Crippen molar-refractivity contribution < 1.29 is 13.9 Å². The highest BCUT2D eigenvalue weighted by molar-refractivity contribution is 6.05. The van der Waals surface area contributed by atoms with Crippen LogP contribution in [-0.4, -0.2) is 31.5 Å². The fraction of sp³-hybridized carbons (Fsp3) is 0.0800.